The Morgan fingerprint density at radius 2 is 1.27 bits per heavy atom. The van der Waals surface area contributed by atoms with E-state index in [9.17, 15) is 9.59 Å². The first kappa shape index (κ1) is 29.5. The van der Waals surface area contributed by atoms with Gasteiger partial charge in [-0.05, 0) is 109 Å². The molecule has 210 valence electrons. The van der Waals surface area contributed by atoms with Crippen molar-refractivity contribution in [3.63, 3.8) is 0 Å². The standard InChI is InChI=1S/C31H26Cl2N2O6/c1-2-19-38-25-13-5-22(6-14-25)30(37)39-26-11-3-21(4-12-26)20-34-35-29(36)31(40-27-15-7-23(32)8-16-27)41-28-17-9-24(33)10-18-28/h3-18,20,31H,2,19H2,1H3,(H,35,36)/b34-20-. The molecule has 0 saturated heterocycles. The van der Waals surface area contributed by atoms with Crippen molar-refractivity contribution in [1.29, 1.82) is 0 Å². The lowest BCUT2D eigenvalue weighted by molar-refractivity contribution is -0.140. The lowest BCUT2D eigenvalue weighted by atomic mass is 10.2. The second kappa shape index (κ2) is 14.7. The molecule has 41 heavy (non-hydrogen) atoms. The summed E-state index contributed by atoms with van der Waals surface area (Å²) in [5, 5.41) is 5.04. The van der Waals surface area contributed by atoms with Crippen molar-refractivity contribution in [2.45, 2.75) is 19.6 Å². The highest BCUT2D eigenvalue weighted by Gasteiger charge is 2.22. The summed E-state index contributed by atoms with van der Waals surface area (Å²) in [6, 6.07) is 26.4. The smallest absolute Gasteiger partial charge is 0.343 e. The van der Waals surface area contributed by atoms with Crippen LogP contribution in [0.5, 0.6) is 23.0 Å². The Hall–Kier alpha value is -4.53. The predicted molar refractivity (Wildman–Crippen MR) is 157 cm³/mol. The summed E-state index contributed by atoms with van der Waals surface area (Å²) in [6.45, 7) is 2.63. The Morgan fingerprint density at radius 1 is 0.756 bits per heavy atom. The van der Waals surface area contributed by atoms with Crippen molar-refractivity contribution in [2.75, 3.05) is 6.61 Å². The molecule has 0 fully saturated rings. The van der Waals surface area contributed by atoms with Crippen LogP contribution in [0.4, 0.5) is 0 Å². The van der Waals surface area contributed by atoms with Gasteiger partial charge in [-0.15, -0.1) is 0 Å². The number of ether oxygens (including phenoxy) is 4. The number of rotatable bonds is 12. The van der Waals surface area contributed by atoms with Gasteiger partial charge in [0.05, 0.1) is 18.4 Å². The number of carbonyl (C=O) groups excluding carboxylic acids is 2. The number of hydrazone groups is 1. The molecule has 0 aromatic heterocycles. The summed E-state index contributed by atoms with van der Waals surface area (Å²) in [5.41, 5.74) is 3.46. The third-order valence-electron chi connectivity index (χ3n) is 5.37. The second-order valence-corrected chi connectivity index (χ2v) is 9.41. The number of nitrogens with one attached hydrogen (secondary N) is 1. The minimum absolute atomic E-state index is 0.357. The van der Waals surface area contributed by atoms with E-state index in [1.165, 1.54) is 6.21 Å². The minimum atomic E-state index is -1.36. The van der Waals surface area contributed by atoms with Crippen LogP contribution >= 0.6 is 23.2 Å². The molecule has 0 aliphatic rings. The maximum atomic E-state index is 12.9. The molecule has 1 N–H and O–H groups in total. The predicted octanol–water partition coefficient (Wildman–Crippen LogP) is 6.94. The van der Waals surface area contributed by atoms with Gasteiger partial charge in [-0.25, -0.2) is 10.2 Å². The van der Waals surface area contributed by atoms with Gasteiger partial charge in [-0.3, -0.25) is 4.79 Å². The lowest BCUT2D eigenvalue weighted by Crippen LogP contribution is -2.40. The van der Waals surface area contributed by atoms with Crippen molar-refractivity contribution in [2.24, 2.45) is 5.10 Å². The molecule has 0 aliphatic carbocycles. The summed E-state index contributed by atoms with van der Waals surface area (Å²) < 4.78 is 22.4. The summed E-state index contributed by atoms with van der Waals surface area (Å²) in [7, 11) is 0. The Labute approximate surface area is 247 Å². The Bertz CT molecular complexity index is 1410. The van der Waals surface area contributed by atoms with Gasteiger partial charge >= 0.3 is 18.2 Å². The highest BCUT2D eigenvalue weighted by molar-refractivity contribution is 6.30. The first-order valence-electron chi connectivity index (χ1n) is 12.6. The van der Waals surface area contributed by atoms with Crippen LogP contribution in [0.1, 0.15) is 29.3 Å². The summed E-state index contributed by atoms with van der Waals surface area (Å²) in [5.74, 6) is 0.654. The van der Waals surface area contributed by atoms with E-state index in [2.05, 4.69) is 10.5 Å². The Morgan fingerprint density at radius 3 is 1.80 bits per heavy atom. The zero-order valence-electron chi connectivity index (χ0n) is 22.0. The van der Waals surface area contributed by atoms with Gasteiger partial charge in [0.1, 0.15) is 23.0 Å². The van der Waals surface area contributed by atoms with Crippen molar-refractivity contribution < 1.29 is 28.5 Å². The Kier molecular flexibility index (Phi) is 10.6. The van der Waals surface area contributed by atoms with Gasteiger partial charge in [0.25, 0.3) is 0 Å². The molecule has 4 aromatic carbocycles. The summed E-state index contributed by atoms with van der Waals surface area (Å²) in [4.78, 5) is 25.3. The first-order valence-corrected chi connectivity index (χ1v) is 13.4. The number of esters is 1. The van der Waals surface area contributed by atoms with E-state index in [-0.39, 0.29) is 0 Å². The summed E-state index contributed by atoms with van der Waals surface area (Å²) >= 11 is 11.9. The molecule has 10 heteroatoms. The zero-order chi connectivity index (χ0) is 29.0. The molecular formula is C31H26Cl2N2O6. The highest BCUT2D eigenvalue weighted by Crippen LogP contribution is 2.21. The van der Waals surface area contributed by atoms with E-state index in [0.29, 0.717) is 50.8 Å². The van der Waals surface area contributed by atoms with Crippen molar-refractivity contribution in [3.05, 3.63) is 118 Å². The van der Waals surface area contributed by atoms with Crippen LogP contribution in [0.3, 0.4) is 0 Å². The fourth-order valence-corrected chi connectivity index (χ4v) is 3.57. The number of nitrogens with zero attached hydrogens (tertiary/aromatic N) is 1. The molecule has 0 spiro atoms. The van der Waals surface area contributed by atoms with Gasteiger partial charge in [-0.2, -0.15) is 5.10 Å². The zero-order valence-corrected chi connectivity index (χ0v) is 23.5. The monoisotopic (exact) mass is 592 g/mol. The quantitative estimate of drug-likeness (QED) is 0.0629. The molecule has 0 saturated carbocycles. The van der Waals surface area contributed by atoms with E-state index in [4.69, 9.17) is 42.1 Å². The number of benzene rings is 4. The van der Waals surface area contributed by atoms with Gasteiger partial charge in [0.15, 0.2) is 0 Å². The summed E-state index contributed by atoms with van der Waals surface area (Å²) in [6.07, 6.45) is 0.971. The maximum absolute atomic E-state index is 12.9. The number of hydrogen-bond donors (Lipinski definition) is 1. The molecule has 0 radical (unpaired) electrons. The number of halogens is 2. The van der Waals surface area contributed by atoms with Crippen LogP contribution in [0.2, 0.25) is 10.0 Å². The van der Waals surface area contributed by atoms with Gasteiger partial charge < -0.3 is 18.9 Å². The van der Waals surface area contributed by atoms with Gasteiger partial charge in [0.2, 0.25) is 0 Å². The van der Waals surface area contributed by atoms with Crippen LogP contribution in [0, 0.1) is 0 Å². The normalized spacial score (nSPS) is 10.8. The molecule has 1 amide bonds. The maximum Gasteiger partial charge on any atom is 0.343 e. The largest absolute Gasteiger partial charge is 0.494 e. The Balaban J connectivity index is 1.34. The van der Waals surface area contributed by atoms with Crippen molar-refractivity contribution in [1.82, 2.24) is 5.43 Å². The van der Waals surface area contributed by atoms with E-state index in [0.717, 1.165) is 6.42 Å². The van der Waals surface area contributed by atoms with Crippen molar-refractivity contribution >= 4 is 41.3 Å². The molecule has 4 aromatic rings. The number of carbonyl (C=O) groups is 2. The SMILES string of the molecule is CCCOc1ccc(C(=O)Oc2ccc(/C=N\NC(=O)C(Oc3ccc(Cl)cc3)Oc3ccc(Cl)cc3)cc2)cc1. The number of amides is 1. The number of hydrogen-bond acceptors (Lipinski definition) is 7. The minimum Gasteiger partial charge on any atom is -0.494 e. The fraction of sp³-hybridized carbons (Fsp3) is 0.129. The third kappa shape index (κ3) is 9.27. The lowest BCUT2D eigenvalue weighted by Gasteiger charge is -2.19. The van der Waals surface area contributed by atoms with E-state index in [1.807, 2.05) is 6.92 Å². The molecule has 0 bridgehead atoms. The average molecular weight is 593 g/mol. The molecule has 8 nitrogen and oxygen atoms in total. The van der Waals surface area contributed by atoms with Gasteiger partial charge in [-0.1, -0.05) is 30.1 Å². The molecule has 0 unspecified atom stereocenters. The average Bonchev–Trinajstić information content (AvgIpc) is 2.99. The molecule has 4 rings (SSSR count). The van der Waals surface area contributed by atoms with Crippen LogP contribution in [-0.2, 0) is 4.79 Å². The fourth-order valence-electron chi connectivity index (χ4n) is 3.32. The highest BCUT2D eigenvalue weighted by atomic mass is 35.5. The van der Waals surface area contributed by atoms with Crippen molar-refractivity contribution in [3.8, 4) is 23.0 Å². The van der Waals surface area contributed by atoms with Crippen LogP contribution < -0.4 is 24.4 Å². The van der Waals surface area contributed by atoms with Gasteiger partial charge in [0, 0.05) is 10.0 Å². The first-order chi connectivity index (χ1) is 19.9. The third-order valence-corrected chi connectivity index (χ3v) is 5.87. The topological polar surface area (TPSA) is 95.5 Å². The molecular weight excluding hydrogens is 567 g/mol. The molecule has 0 heterocycles. The molecule has 0 aliphatic heterocycles. The molecule has 0 atom stereocenters. The van der Waals surface area contributed by atoms with E-state index < -0.39 is 18.2 Å². The second-order valence-electron chi connectivity index (χ2n) is 8.54. The van der Waals surface area contributed by atoms with E-state index >= 15 is 0 Å². The van der Waals surface area contributed by atoms with Crippen LogP contribution in [-0.4, -0.2) is 31.0 Å². The van der Waals surface area contributed by atoms with Crippen LogP contribution in [0.15, 0.2) is 102 Å². The van der Waals surface area contributed by atoms with E-state index in [1.54, 1.807) is 97.1 Å². The van der Waals surface area contributed by atoms with Crippen LogP contribution in [0.25, 0.3) is 0 Å².